The molecule has 6 heterocycles. The number of para-hydroxylation sites is 4. The van der Waals surface area contributed by atoms with Gasteiger partial charge in [0, 0.05) is 133 Å². The van der Waals surface area contributed by atoms with E-state index in [-0.39, 0.29) is 42.0 Å². The van der Waals surface area contributed by atoms with Gasteiger partial charge in [0.15, 0.2) is 0 Å². The van der Waals surface area contributed by atoms with Crippen molar-refractivity contribution in [3.05, 3.63) is 168 Å². The summed E-state index contributed by atoms with van der Waals surface area (Å²) < 4.78 is 10.7. The van der Waals surface area contributed by atoms with Crippen LogP contribution in [0, 0.1) is 0 Å². The number of hydrogen-bond acceptors (Lipinski definition) is 7. The fourth-order valence-corrected chi connectivity index (χ4v) is 13.9. The third-order valence-corrected chi connectivity index (χ3v) is 17.1. The first-order valence-electron chi connectivity index (χ1n) is 29.1. The van der Waals surface area contributed by atoms with Crippen LogP contribution in [0.25, 0.3) is 43.6 Å². The van der Waals surface area contributed by atoms with Crippen molar-refractivity contribution in [2.24, 2.45) is 0 Å². The highest BCUT2D eigenvalue weighted by Gasteiger charge is 2.44. The molecule has 0 bridgehead atoms. The van der Waals surface area contributed by atoms with E-state index in [1.54, 1.807) is 4.90 Å². The Balaban J connectivity index is 0.000000170. The summed E-state index contributed by atoms with van der Waals surface area (Å²) in [6.07, 6.45) is 3.39. The van der Waals surface area contributed by atoms with E-state index in [0.29, 0.717) is 13.0 Å². The maximum absolute atomic E-state index is 14.4. The average molecular weight is 1060 g/mol. The molecule has 6 atom stereocenters. The molecule has 4 aliphatic rings. The van der Waals surface area contributed by atoms with Crippen LogP contribution in [0.15, 0.2) is 146 Å². The molecule has 0 saturated carbocycles. The molecule has 2 fully saturated rings. The van der Waals surface area contributed by atoms with Crippen LogP contribution in [0.2, 0.25) is 0 Å². The Morgan fingerprint density at radius 3 is 1.34 bits per heavy atom. The maximum Gasteiger partial charge on any atom is 0.411 e. The molecule has 2 unspecified atom stereocenters. The second kappa shape index (κ2) is 23.0. The number of fused-ring (bicyclic) bond motifs is 8. The number of hydrogen-bond donors (Lipinski definition) is 1. The van der Waals surface area contributed by atoms with E-state index < -0.39 is 17.7 Å². The van der Waals surface area contributed by atoms with Gasteiger partial charge in [-0.05, 0) is 121 Å². The van der Waals surface area contributed by atoms with Gasteiger partial charge in [-0.15, -0.1) is 0 Å². The number of nitrogens with one attached hydrogen (secondary N) is 1. The fourth-order valence-electron chi connectivity index (χ4n) is 13.9. The van der Waals surface area contributed by atoms with Crippen LogP contribution in [-0.2, 0) is 40.3 Å². The number of nitrogens with zero attached hydrogens (tertiary/aromatic N) is 7. The van der Waals surface area contributed by atoms with Crippen molar-refractivity contribution in [3.8, 4) is 0 Å². The smallest absolute Gasteiger partial charge is 0.411 e. The van der Waals surface area contributed by atoms with Crippen molar-refractivity contribution < 1.29 is 19.1 Å². The van der Waals surface area contributed by atoms with Gasteiger partial charge in [-0.25, -0.2) is 4.79 Å². The summed E-state index contributed by atoms with van der Waals surface area (Å²) in [7, 11) is 0. The molecule has 12 nitrogen and oxygen atoms in total. The summed E-state index contributed by atoms with van der Waals surface area (Å²) >= 11 is 0. The van der Waals surface area contributed by atoms with Gasteiger partial charge < -0.3 is 29.0 Å². The Morgan fingerprint density at radius 1 is 0.494 bits per heavy atom. The minimum atomic E-state index is -0.674. The SMILES string of the molecule is C[C@@H]1CN(CCCn2c3ccccc3c3ccccc32)C[C@H](C)N1C(=O)C1NCCc2ccccc21.C[C@@H]1CN(CCCn2c3ccccc3c3ccccc32)C[C@H](C)N1C(=O)C1c2ccccc2CCN1C(=O)OC(C)(C)C. The zero-order valence-electron chi connectivity index (χ0n) is 47.5. The van der Waals surface area contributed by atoms with Gasteiger partial charge in [-0.2, -0.15) is 0 Å². The number of ether oxygens (including phenoxy) is 1. The number of benzene rings is 6. The molecule has 8 aromatic rings. The predicted octanol–water partition coefficient (Wildman–Crippen LogP) is 11.6. The Morgan fingerprint density at radius 2 is 0.886 bits per heavy atom. The first kappa shape index (κ1) is 54.0. The van der Waals surface area contributed by atoms with E-state index in [2.05, 4.69) is 178 Å². The van der Waals surface area contributed by atoms with Crippen LogP contribution >= 0.6 is 0 Å². The lowest BCUT2D eigenvalue weighted by Crippen LogP contribution is -2.61. The highest BCUT2D eigenvalue weighted by atomic mass is 16.6. The first-order valence-corrected chi connectivity index (χ1v) is 29.1. The molecule has 0 spiro atoms. The number of aryl methyl sites for hydroxylation is 2. The normalized spacial score (nSPS) is 21.9. The molecule has 0 aliphatic carbocycles. The molecule has 2 aromatic heterocycles. The van der Waals surface area contributed by atoms with Gasteiger partial charge in [-0.3, -0.25) is 24.3 Å². The second-order valence-electron chi connectivity index (χ2n) is 23.8. The van der Waals surface area contributed by atoms with E-state index in [0.717, 1.165) is 94.9 Å². The summed E-state index contributed by atoms with van der Waals surface area (Å²) in [5, 5.41) is 8.77. The van der Waals surface area contributed by atoms with Crippen molar-refractivity contribution in [1.29, 1.82) is 0 Å². The summed E-state index contributed by atoms with van der Waals surface area (Å²) in [6, 6.07) is 50.8. The van der Waals surface area contributed by atoms with Crippen molar-refractivity contribution >= 4 is 61.5 Å². The minimum Gasteiger partial charge on any atom is -0.444 e. The second-order valence-corrected chi connectivity index (χ2v) is 23.8. The highest BCUT2D eigenvalue weighted by molar-refractivity contribution is 6.09. The predicted molar refractivity (Wildman–Crippen MR) is 319 cm³/mol. The number of aromatic nitrogens is 2. The molecule has 12 rings (SSSR count). The Hall–Kier alpha value is -6.99. The molecule has 6 aromatic carbocycles. The molecule has 12 heteroatoms. The average Bonchev–Trinajstić information content (AvgIpc) is 4.05. The Kier molecular flexibility index (Phi) is 15.7. The van der Waals surface area contributed by atoms with Crippen LogP contribution in [0.3, 0.4) is 0 Å². The van der Waals surface area contributed by atoms with Gasteiger partial charge in [0.05, 0.1) is 0 Å². The number of amides is 3. The standard InChI is InChI=1S/C36H44N4O3.C31H36N4O/c1-25-23-37(20-12-21-38-31-17-10-8-15-29(31)30-16-9-11-18-32(30)38)24-26(2)40(25)34(41)33-28-14-7-6-13-27(28)19-22-39(33)35(42)43-36(3,4)5;1-22-20-33(18-9-19-34-28-14-7-5-12-26(28)27-13-6-8-15-29(27)34)21-23(2)35(22)31(36)30-25-11-4-3-10-24(25)16-17-32-30/h6-11,13-18,25-26,33H,12,19-24H2,1-5H3;3-8,10-15,22-23,30,32H,9,16-21H2,1-2H3/t25-,26+,33?;22-,23+,30?. The molecule has 3 amide bonds. The van der Waals surface area contributed by atoms with Crippen molar-refractivity contribution in [2.45, 2.75) is 129 Å². The van der Waals surface area contributed by atoms with E-state index in [9.17, 15) is 14.4 Å². The van der Waals surface area contributed by atoms with Gasteiger partial charge in [0.25, 0.3) is 5.91 Å². The van der Waals surface area contributed by atoms with Gasteiger partial charge in [0.2, 0.25) is 5.91 Å². The monoisotopic (exact) mass is 1060 g/mol. The number of rotatable bonds is 10. The van der Waals surface area contributed by atoms with Crippen LogP contribution in [0.5, 0.6) is 0 Å². The highest BCUT2D eigenvalue weighted by Crippen LogP contribution is 2.36. The molecule has 412 valence electrons. The lowest BCUT2D eigenvalue weighted by Gasteiger charge is -2.47. The molecule has 0 radical (unpaired) electrons. The van der Waals surface area contributed by atoms with Gasteiger partial charge >= 0.3 is 6.09 Å². The molecule has 79 heavy (non-hydrogen) atoms. The molecular formula is C67H80N8O4. The van der Waals surface area contributed by atoms with E-state index in [1.165, 1.54) is 49.2 Å². The van der Waals surface area contributed by atoms with Gasteiger partial charge in [0.1, 0.15) is 17.7 Å². The van der Waals surface area contributed by atoms with Crippen LogP contribution in [0.4, 0.5) is 4.79 Å². The molecule has 4 aliphatic heterocycles. The first-order chi connectivity index (χ1) is 38.2. The Labute approximate surface area is 466 Å². The third kappa shape index (κ3) is 11.0. The van der Waals surface area contributed by atoms with E-state index >= 15 is 0 Å². The van der Waals surface area contributed by atoms with Crippen molar-refractivity contribution in [2.75, 3.05) is 52.4 Å². The summed E-state index contributed by atoms with van der Waals surface area (Å²) in [4.78, 5) is 52.3. The lowest BCUT2D eigenvalue weighted by molar-refractivity contribution is -0.145. The van der Waals surface area contributed by atoms with Gasteiger partial charge in [-0.1, -0.05) is 121 Å². The zero-order chi connectivity index (χ0) is 55.0. The zero-order valence-corrected chi connectivity index (χ0v) is 47.5. The van der Waals surface area contributed by atoms with Crippen molar-refractivity contribution in [1.82, 2.24) is 39.0 Å². The summed E-state index contributed by atoms with van der Waals surface area (Å²) in [5.41, 5.74) is 9.06. The number of piperazine rings is 2. The summed E-state index contributed by atoms with van der Waals surface area (Å²) in [6.45, 7) is 23.0. The number of carbonyl (C=O) groups is 3. The van der Waals surface area contributed by atoms with Crippen molar-refractivity contribution in [3.63, 3.8) is 0 Å². The topological polar surface area (TPSA) is 98.5 Å². The third-order valence-electron chi connectivity index (χ3n) is 17.1. The lowest BCUT2D eigenvalue weighted by atomic mass is 9.91. The summed E-state index contributed by atoms with van der Waals surface area (Å²) in [5.74, 6) is 0.218. The van der Waals surface area contributed by atoms with E-state index in [1.807, 2.05) is 49.9 Å². The van der Waals surface area contributed by atoms with Crippen LogP contribution in [-0.4, -0.2) is 134 Å². The molecule has 2 saturated heterocycles. The molecule has 1 N–H and O–H groups in total. The largest absolute Gasteiger partial charge is 0.444 e. The van der Waals surface area contributed by atoms with Crippen LogP contribution in [0.1, 0.15) is 95.6 Å². The molecular weight excluding hydrogens is 981 g/mol. The Bertz CT molecular complexity index is 3350. The maximum atomic E-state index is 14.4. The quantitative estimate of drug-likeness (QED) is 0.146. The fraction of sp³-hybridized carbons (Fsp3) is 0.418. The number of carbonyl (C=O) groups excluding carboxylic acids is 3. The van der Waals surface area contributed by atoms with E-state index in [4.69, 9.17) is 4.74 Å². The van der Waals surface area contributed by atoms with Crippen LogP contribution < -0.4 is 5.32 Å². The minimum absolute atomic E-state index is 0.0112.